The van der Waals surface area contributed by atoms with E-state index < -0.39 is 5.54 Å². The number of aliphatic hydroxyl groups is 2. The zero-order valence-electron chi connectivity index (χ0n) is 17.1. The lowest BCUT2D eigenvalue weighted by Crippen LogP contribution is -2.47. The van der Waals surface area contributed by atoms with Crippen LogP contribution in [0.1, 0.15) is 28.7 Å². The molecule has 0 amide bonds. The Morgan fingerprint density at radius 3 is 2.37 bits per heavy atom. The zero-order chi connectivity index (χ0) is 21.1. The van der Waals surface area contributed by atoms with Gasteiger partial charge in [-0.25, -0.2) is 0 Å². The molecule has 0 aliphatic carbocycles. The molecule has 0 saturated heterocycles. The monoisotopic (exact) mass is 421 g/mol. The fraction of sp³-hybridized carbons (Fsp3) is 0.280. The highest BCUT2D eigenvalue weighted by molar-refractivity contribution is 7.99. The van der Waals surface area contributed by atoms with Crippen LogP contribution >= 0.6 is 11.8 Å². The zero-order valence-corrected chi connectivity index (χ0v) is 17.9. The highest BCUT2D eigenvalue weighted by Gasteiger charge is 2.23. The summed E-state index contributed by atoms with van der Waals surface area (Å²) in [6.45, 7) is 1.61. The van der Waals surface area contributed by atoms with Crippen molar-refractivity contribution in [2.45, 2.75) is 41.5 Å². The summed E-state index contributed by atoms with van der Waals surface area (Å²) in [7, 11) is 0. The van der Waals surface area contributed by atoms with Gasteiger partial charge in [0.1, 0.15) is 11.5 Å². The molecule has 5 heteroatoms. The third kappa shape index (κ3) is 4.71. The van der Waals surface area contributed by atoms with E-state index in [1.165, 1.54) is 32.0 Å². The number of nitrogens with two attached hydrogens (primary N) is 1. The Balaban J connectivity index is 1.50. The number of rotatable bonds is 7. The predicted molar refractivity (Wildman–Crippen MR) is 120 cm³/mol. The Hall–Kier alpha value is -2.31. The van der Waals surface area contributed by atoms with E-state index in [2.05, 4.69) is 43.3 Å². The summed E-state index contributed by atoms with van der Waals surface area (Å²) in [5.41, 5.74) is 9.97. The summed E-state index contributed by atoms with van der Waals surface area (Å²) in [4.78, 5) is 2.52. The first-order valence-electron chi connectivity index (χ1n) is 10.2. The summed E-state index contributed by atoms with van der Waals surface area (Å²) in [6, 6.07) is 20.8. The topological polar surface area (TPSA) is 75.7 Å². The van der Waals surface area contributed by atoms with E-state index in [0.717, 1.165) is 24.3 Å². The molecule has 4 rings (SSSR count). The fourth-order valence-electron chi connectivity index (χ4n) is 3.62. The Labute approximate surface area is 181 Å². The van der Waals surface area contributed by atoms with Gasteiger partial charge < -0.3 is 20.7 Å². The van der Waals surface area contributed by atoms with E-state index in [4.69, 9.17) is 10.5 Å². The van der Waals surface area contributed by atoms with Crippen LogP contribution in [0.15, 0.2) is 70.5 Å². The second-order valence-electron chi connectivity index (χ2n) is 8.09. The van der Waals surface area contributed by atoms with Crippen molar-refractivity contribution in [1.29, 1.82) is 0 Å². The summed E-state index contributed by atoms with van der Waals surface area (Å²) in [6.07, 6.45) is 2.11. The third-order valence-electron chi connectivity index (χ3n) is 5.52. The molecule has 0 unspecified atom stereocenters. The Kier molecular flexibility index (Phi) is 6.16. The van der Waals surface area contributed by atoms with E-state index in [1.807, 2.05) is 24.3 Å². The summed E-state index contributed by atoms with van der Waals surface area (Å²) < 4.78 is 6.07. The molecule has 0 bridgehead atoms. The number of fused-ring (bicyclic) bond motifs is 2. The molecule has 1 aliphatic rings. The van der Waals surface area contributed by atoms with Crippen molar-refractivity contribution in [2.24, 2.45) is 5.73 Å². The van der Waals surface area contributed by atoms with Crippen LogP contribution in [0.3, 0.4) is 0 Å². The molecule has 0 atom stereocenters. The van der Waals surface area contributed by atoms with Gasteiger partial charge >= 0.3 is 0 Å². The number of aryl methyl sites for hydroxylation is 2. The largest absolute Gasteiger partial charge is 0.457 e. The van der Waals surface area contributed by atoms with Crippen molar-refractivity contribution in [2.75, 3.05) is 13.2 Å². The van der Waals surface area contributed by atoms with Gasteiger partial charge in [-0.05, 0) is 84.8 Å². The molecule has 3 aromatic carbocycles. The molecule has 0 saturated carbocycles. The quantitative estimate of drug-likeness (QED) is 0.411. The first-order valence-corrected chi connectivity index (χ1v) is 11.0. The number of aliphatic hydroxyl groups excluding tert-OH is 2. The molecule has 156 valence electrons. The second kappa shape index (κ2) is 8.82. The maximum Gasteiger partial charge on any atom is 0.127 e. The number of hydrogen-bond acceptors (Lipinski definition) is 5. The summed E-state index contributed by atoms with van der Waals surface area (Å²) in [5, 5.41) is 18.8. The first kappa shape index (κ1) is 20.9. The van der Waals surface area contributed by atoms with Gasteiger partial charge in [-0.3, -0.25) is 0 Å². The number of ether oxygens (including phenoxy) is 1. The molecular weight excluding hydrogens is 394 g/mol. The lowest BCUT2D eigenvalue weighted by Gasteiger charge is -2.25. The maximum absolute atomic E-state index is 9.41. The molecule has 0 radical (unpaired) electrons. The van der Waals surface area contributed by atoms with E-state index in [0.29, 0.717) is 6.42 Å². The molecule has 0 fully saturated rings. The minimum atomic E-state index is -0.931. The van der Waals surface area contributed by atoms with E-state index in [-0.39, 0.29) is 13.2 Å². The van der Waals surface area contributed by atoms with Gasteiger partial charge in [0.25, 0.3) is 0 Å². The lowest BCUT2D eigenvalue weighted by atomic mass is 9.92. The van der Waals surface area contributed by atoms with Gasteiger partial charge in [-0.15, -0.1) is 0 Å². The second-order valence-corrected chi connectivity index (χ2v) is 9.17. The summed E-state index contributed by atoms with van der Waals surface area (Å²) >= 11 is 1.78. The fourth-order valence-corrected chi connectivity index (χ4v) is 4.66. The summed E-state index contributed by atoms with van der Waals surface area (Å²) in [5.74, 6) is 1.69. The van der Waals surface area contributed by atoms with Crippen molar-refractivity contribution in [3.8, 4) is 11.5 Å². The Bertz CT molecular complexity index is 1050. The van der Waals surface area contributed by atoms with Gasteiger partial charge in [0.15, 0.2) is 0 Å². The maximum atomic E-state index is 9.41. The van der Waals surface area contributed by atoms with Gasteiger partial charge in [0.2, 0.25) is 0 Å². The van der Waals surface area contributed by atoms with Crippen LogP contribution in [-0.4, -0.2) is 29.0 Å². The van der Waals surface area contributed by atoms with Crippen LogP contribution < -0.4 is 10.5 Å². The van der Waals surface area contributed by atoms with Crippen LogP contribution in [0, 0.1) is 6.92 Å². The molecule has 4 nitrogen and oxygen atoms in total. The van der Waals surface area contributed by atoms with E-state index >= 15 is 0 Å². The molecule has 1 heterocycles. The molecular formula is C25H27NO3S. The minimum Gasteiger partial charge on any atom is -0.457 e. The molecule has 0 aromatic heterocycles. The Morgan fingerprint density at radius 2 is 1.63 bits per heavy atom. The molecule has 3 aromatic rings. The number of benzene rings is 3. The SMILES string of the molecule is Cc1cccc(Oc2ccc3c(c2)Cc2cc(CCC(N)(CO)CO)ccc2S3)c1. The van der Waals surface area contributed by atoms with Crippen LogP contribution in [-0.2, 0) is 12.8 Å². The average molecular weight is 422 g/mol. The van der Waals surface area contributed by atoms with Crippen LogP contribution in [0.25, 0.3) is 0 Å². The lowest BCUT2D eigenvalue weighted by molar-refractivity contribution is 0.115. The van der Waals surface area contributed by atoms with Crippen molar-refractivity contribution in [1.82, 2.24) is 0 Å². The molecule has 1 aliphatic heterocycles. The average Bonchev–Trinajstić information content (AvgIpc) is 2.76. The predicted octanol–water partition coefficient (Wildman–Crippen LogP) is 4.46. The normalized spacial score (nSPS) is 12.9. The van der Waals surface area contributed by atoms with Crippen molar-refractivity contribution in [3.05, 3.63) is 82.9 Å². The van der Waals surface area contributed by atoms with Crippen LogP contribution in [0.5, 0.6) is 11.5 Å². The third-order valence-corrected chi connectivity index (χ3v) is 6.76. The van der Waals surface area contributed by atoms with Crippen molar-refractivity contribution in [3.63, 3.8) is 0 Å². The van der Waals surface area contributed by atoms with Gasteiger partial charge in [0.05, 0.1) is 18.8 Å². The van der Waals surface area contributed by atoms with Crippen LogP contribution in [0.2, 0.25) is 0 Å². The molecule has 4 N–H and O–H groups in total. The van der Waals surface area contributed by atoms with Gasteiger partial charge in [-0.1, -0.05) is 36.0 Å². The van der Waals surface area contributed by atoms with E-state index in [9.17, 15) is 10.2 Å². The van der Waals surface area contributed by atoms with Gasteiger partial charge in [-0.2, -0.15) is 0 Å². The first-order chi connectivity index (χ1) is 14.5. The number of hydrogen-bond donors (Lipinski definition) is 3. The van der Waals surface area contributed by atoms with Gasteiger partial charge in [0, 0.05) is 9.79 Å². The molecule has 0 spiro atoms. The molecule has 30 heavy (non-hydrogen) atoms. The highest BCUT2D eigenvalue weighted by Crippen LogP contribution is 2.41. The highest BCUT2D eigenvalue weighted by atomic mass is 32.2. The van der Waals surface area contributed by atoms with Crippen molar-refractivity contribution < 1.29 is 14.9 Å². The van der Waals surface area contributed by atoms with E-state index in [1.54, 1.807) is 11.8 Å². The minimum absolute atomic E-state index is 0.221. The smallest absolute Gasteiger partial charge is 0.127 e. The van der Waals surface area contributed by atoms with Crippen LogP contribution in [0.4, 0.5) is 0 Å². The van der Waals surface area contributed by atoms with Crippen molar-refractivity contribution >= 4 is 11.8 Å². The standard InChI is InChI=1S/C25H27NO3S/c1-17-3-2-4-21(11-17)29-22-6-8-24-20(14-22)13-19-12-18(5-7-23(19)30-24)9-10-25(26,15-27)16-28/h2-8,11-12,14,27-28H,9-10,13,15-16,26H2,1H3. The Morgan fingerprint density at radius 1 is 0.933 bits per heavy atom.